The van der Waals surface area contributed by atoms with Crippen molar-refractivity contribution < 1.29 is 0 Å². The molecule has 1 heterocycles. The van der Waals surface area contributed by atoms with Crippen LogP contribution in [-0.4, -0.2) is 30.6 Å². The fraction of sp³-hybridized carbons (Fsp3) is 1.00. The normalized spacial score (nSPS) is 26.7. The third-order valence-electron chi connectivity index (χ3n) is 5.41. The molecule has 2 rings (SSSR count). The van der Waals surface area contributed by atoms with E-state index in [4.69, 9.17) is 5.73 Å². The molecule has 2 fully saturated rings. The number of piperidine rings is 1. The standard InChI is InChI=1S/C16H32N2/c1-16(2,3)14-8-10-18(11-9-14)15(12-17)13-6-4-5-7-13/h13-15H,4-12,17H2,1-3H3. The highest BCUT2D eigenvalue weighted by atomic mass is 15.2. The van der Waals surface area contributed by atoms with Crippen LogP contribution in [0.15, 0.2) is 0 Å². The van der Waals surface area contributed by atoms with E-state index in [0.717, 1.165) is 18.4 Å². The largest absolute Gasteiger partial charge is 0.329 e. The van der Waals surface area contributed by atoms with Crippen LogP contribution in [0.3, 0.4) is 0 Å². The molecule has 2 heteroatoms. The molecular weight excluding hydrogens is 220 g/mol. The van der Waals surface area contributed by atoms with E-state index in [0.29, 0.717) is 11.5 Å². The van der Waals surface area contributed by atoms with Gasteiger partial charge in [0.25, 0.3) is 0 Å². The van der Waals surface area contributed by atoms with Gasteiger partial charge in [0, 0.05) is 12.6 Å². The lowest BCUT2D eigenvalue weighted by Gasteiger charge is -2.43. The number of hydrogen-bond donors (Lipinski definition) is 1. The zero-order valence-electron chi connectivity index (χ0n) is 12.6. The lowest BCUT2D eigenvalue weighted by Crippen LogP contribution is -2.49. The first-order valence-electron chi connectivity index (χ1n) is 7.96. The maximum absolute atomic E-state index is 6.06. The second-order valence-electron chi connectivity index (χ2n) is 7.52. The summed E-state index contributed by atoms with van der Waals surface area (Å²) < 4.78 is 0. The quantitative estimate of drug-likeness (QED) is 0.835. The minimum Gasteiger partial charge on any atom is -0.329 e. The van der Waals surface area contributed by atoms with Crippen molar-refractivity contribution in [1.29, 1.82) is 0 Å². The van der Waals surface area contributed by atoms with Crippen LogP contribution in [0.5, 0.6) is 0 Å². The molecular formula is C16H32N2. The van der Waals surface area contributed by atoms with Crippen molar-refractivity contribution in [2.24, 2.45) is 23.0 Å². The van der Waals surface area contributed by atoms with Crippen molar-refractivity contribution in [3.63, 3.8) is 0 Å². The molecule has 1 aliphatic carbocycles. The minimum absolute atomic E-state index is 0.484. The van der Waals surface area contributed by atoms with Gasteiger partial charge in [0.15, 0.2) is 0 Å². The smallest absolute Gasteiger partial charge is 0.0246 e. The van der Waals surface area contributed by atoms with Crippen molar-refractivity contribution in [3.05, 3.63) is 0 Å². The first kappa shape index (κ1) is 14.3. The van der Waals surface area contributed by atoms with Gasteiger partial charge in [-0.05, 0) is 56.0 Å². The molecule has 0 aromatic heterocycles. The molecule has 1 aliphatic heterocycles. The van der Waals surface area contributed by atoms with Crippen molar-refractivity contribution in [2.45, 2.75) is 65.3 Å². The predicted molar refractivity (Wildman–Crippen MR) is 78.6 cm³/mol. The molecule has 18 heavy (non-hydrogen) atoms. The summed E-state index contributed by atoms with van der Waals surface area (Å²) in [6, 6.07) is 0.674. The van der Waals surface area contributed by atoms with E-state index in [1.165, 1.54) is 51.6 Å². The van der Waals surface area contributed by atoms with Gasteiger partial charge in [-0.3, -0.25) is 4.90 Å². The lowest BCUT2D eigenvalue weighted by molar-refractivity contribution is 0.0638. The highest BCUT2D eigenvalue weighted by Crippen LogP contribution is 2.37. The molecule has 1 saturated heterocycles. The molecule has 0 amide bonds. The molecule has 1 saturated carbocycles. The van der Waals surface area contributed by atoms with Crippen LogP contribution in [0.25, 0.3) is 0 Å². The Morgan fingerprint density at radius 2 is 1.61 bits per heavy atom. The van der Waals surface area contributed by atoms with Crippen molar-refractivity contribution in [3.8, 4) is 0 Å². The Morgan fingerprint density at radius 3 is 2.06 bits per heavy atom. The van der Waals surface area contributed by atoms with Gasteiger partial charge >= 0.3 is 0 Å². The van der Waals surface area contributed by atoms with E-state index in [1.54, 1.807) is 0 Å². The van der Waals surface area contributed by atoms with E-state index in [-0.39, 0.29) is 0 Å². The van der Waals surface area contributed by atoms with E-state index in [9.17, 15) is 0 Å². The van der Waals surface area contributed by atoms with Crippen LogP contribution < -0.4 is 5.73 Å². The van der Waals surface area contributed by atoms with Gasteiger partial charge in [-0.1, -0.05) is 33.6 Å². The van der Waals surface area contributed by atoms with Gasteiger partial charge < -0.3 is 5.73 Å². The van der Waals surface area contributed by atoms with Crippen LogP contribution in [0, 0.1) is 17.3 Å². The molecule has 106 valence electrons. The van der Waals surface area contributed by atoms with Crippen molar-refractivity contribution in [2.75, 3.05) is 19.6 Å². The van der Waals surface area contributed by atoms with E-state index >= 15 is 0 Å². The summed E-state index contributed by atoms with van der Waals surface area (Å²) in [4.78, 5) is 2.71. The number of nitrogens with zero attached hydrogens (tertiary/aromatic N) is 1. The second-order valence-corrected chi connectivity index (χ2v) is 7.52. The monoisotopic (exact) mass is 252 g/mol. The van der Waals surface area contributed by atoms with Gasteiger partial charge in [0.05, 0.1) is 0 Å². The zero-order valence-corrected chi connectivity index (χ0v) is 12.6. The van der Waals surface area contributed by atoms with Crippen molar-refractivity contribution >= 4 is 0 Å². The van der Waals surface area contributed by atoms with Crippen LogP contribution >= 0.6 is 0 Å². The summed E-state index contributed by atoms with van der Waals surface area (Å²) in [5.74, 6) is 1.79. The van der Waals surface area contributed by atoms with Gasteiger partial charge in [-0.25, -0.2) is 0 Å². The fourth-order valence-corrected chi connectivity index (χ4v) is 4.08. The van der Waals surface area contributed by atoms with Crippen molar-refractivity contribution in [1.82, 2.24) is 4.90 Å². The van der Waals surface area contributed by atoms with Crippen LogP contribution in [0.1, 0.15) is 59.3 Å². The fourth-order valence-electron chi connectivity index (χ4n) is 4.08. The number of nitrogens with two attached hydrogens (primary N) is 1. The van der Waals surface area contributed by atoms with Gasteiger partial charge in [0.2, 0.25) is 0 Å². The molecule has 0 spiro atoms. The summed E-state index contributed by atoms with van der Waals surface area (Å²) in [7, 11) is 0. The SMILES string of the molecule is CC(C)(C)C1CCN(C(CN)C2CCCC2)CC1. The predicted octanol–water partition coefficient (Wildman–Crippen LogP) is 3.26. The Hall–Kier alpha value is -0.0800. The number of likely N-dealkylation sites (tertiary alicyclic amines) is 1. The summed E-state index contributed by atoms with van der Waals surface area (Å²) in [5, 5.41) is 0. The first-order valence-corrected chi connectivity index (χ1v) is 7.96. The molecule has 0 bridgehead atoms. The van der Waals surface area contributed by atoms with E-state index < -0.39 is 0 Å². The molecule has 2 nitrogen and oxygen atoms in total. The van der Waals surface area contributed by atoms with Gasteiger partial charge in [-0.15, -0.1) is 0 Å². The Kier molecular flexibility index (Phi) is 4.71. The Morgan fingerprint density at radius 1 is 1.06 bits per heavy atom. The molecule has 1 unspecified atom stereocenters. The third-order valence-corrected chi connectivity index (χ3v) is 5.41. The highest BCUT2D eigenvalue weighted by molar-refractivity contribution is 4.88. The topological polar surface area (TPSA) is 29.3 Å². The summed E-state index contributed by atoms with van der Waals surface area (Å²) in [6.45, 7) is 10.6. The molecule has 2 aliphatic rings. The van der Waals surface area contributed by atoms with E-state index in [1.807, 2.05) is 0 Å². The maximum atomic E-state index is 6.06. The average molecular weight is 252 g/mol. The second kappa shape index (κ2) is 5.92. The summed E-state index contributed by atoms with van der Waals surface area (Å²) in [6.07, 6.45) is 8.43. The summed E-state index contributed by atoms with van der Waals surface area (Å²) >= 11 is 0. The van der Waals surface area contributed by atoms with Gasteiger partial charge in [-0.2, -0.15) is 0 Å². The maximum Gasteiger partial charge on any atom is 0.0246 e. The molecule has 0 aromatic carbocycles. The molecule has 0 radical (unpaired) electrons. The Bertz CT molecular complexity index is 242. The number of rotatable bonds is 3. The van der Waals surface area contributed by atoms with Crippen LogP contribution in [-0.2, 0) is 0 Å². The first-order chi connectivity index (χ1) is 8.52. The molecule has 1 atom stereocenters. The molecule has 2 N–H and O–H groups in total. The zero-order chi connectivity index (χ0) is 13.2. The average Bonchev–Trinajstić information content (AvgIpc) is 2.83. The molecule has 0 aromatic rings. The lowest BCUT2D eigenvalue weighted by atomic mass is 9.75. The highest BCUT2D eigenvalue weighted by Gasteiger charge is 2.34. The summed E-state index contributed by atoms with van der Waals surface area (Å²) in [5.41, 5.74) is 6.55. The van der Waals surface area contributed by atoms with Crippen LogP contribution in [0.2, 0.25) is 0 Å². The van der Waals surface area contributed by atoms with E-state index in [2.05, 4.69) is 25.7 Å². The Labute approximate surface area is 113 Å². The number of hydrogen-bond acceptors (Lipinski definition) is 2. The third kappa shape index (κ3) is 3.27. The van der Waals surface area contributed by atoms with Gasteiger partial charge in [0.1, 0.15) is 0 Å². The Balaban J connectivity index is 1.87. The minimum atomic E-state index is 0.484. The van der Waals surface area contributed by atoms with Crippen LogP contribution in [0.4, 0.5) is 0 Å².